The van der Waals surface area contributed by atoms with Crippen molar-refractivity contribution in [2.24, 2.45) is 0 Å². The SMILES string of the molecule is Cc1cc2c3c(c1)N1c4c(cccc4-n4c5ccccc5c5cccc1c54)B3c1ccc(-n3c4ccc(C(C)(C)C)cc4c4cc(C(C)(C)C)ccc43)cc1N2c1cccc2oc3ccccc3c12. The van der Waals surface area contributed by atoms with Crippen LogP contribution in [0.5, 0.6) is 0 Å². The first-order chi connectivity index (χ1) is 33.4. The maximum Gasteiger partial charge on any atom is 0.252 e. The number of aromatic nitrogens is 2. The number of furan rings is 1. The molecule has 69 heavy (non-hydrogen) atoms. The van der Waals surface area contributed by atoms with E-state index in [0.29, 0.717) is 0 Å². The van der Waals surface area contributed by atoms with E-state index in [1.807, 2.05) is 0 Å². The molecule has 0 bridgehead atoms. The van der Waals surface area contributed by atoms with Crippen LogP contribution in [0.25, 0.3) is 76.9 Å². The monoisotopic (exact) mass is 888 g/mol. The lowest BCUT2D eigenvalue weighted by atomic mass is 9.33. The molecule has 0 spiro atoms. The van der Waals surface area contributed by atoms with Crippen molar-refractivity contribution < 1.29 is 4.42 Å². The maximum atomic E-state index is 6.66. The van der Waals surface area contributed by atoms with Gasteiger partial charge in [0.25, 0.3) is 6.71 Å². The van der Waals surface area contributed by atoms with Crippen LogP contribution in [-0.2, 0) is 10.8 Å². The molecule has 0 fully saturated rings. The van der Waals surface area contributed by atoms with Crippen molar-refractivity contribution in [3.8, 4) is 11.4 Å². The van der Waals surface area contributed by atoms with Gasteiger partial charge in [0, 0.05) is 49.7 Å². The Hall–Kier alpha value is -7.96. The second kappa shape index (κ2) is 13.2. The van der Waals surface area contributed by atoms with Gasteiger partial charge in [0.1, 0.15) is 11.2 Å². The minimum atomic E-state index is -0.0354. The van der Waals surface area contributed by atoms with Crippen LogP contribution in [0.2, 0.25) is 0 Å². The fourth-order valence-electron chi connectivity index (χ4n) is 12.6. The summed E-state index contributed by atoms with van der Waals surface area (Å²) in [6.45, 7) is 16.1. The molecule has 12 aromatic rings. The molecule has 3 aliphatic rings. The van der Waals surface area contributed by atoms with Crippen molar-refractivity contribution in [3.63, 3.8) is 0 Å². The highest BCUT2D eigenvalue weighted by molar-refractivity contribution is 7.00. The molecule has 9 aromatic carbocycles. The molecule has 3 aromatic heterocycles. The summed E-state index contributed by atoms with van der Waals surface area (Å²) in [6.07, 6.45) is 0. The average Bonchev–Trinajstić information content (AvgIpc) is 4.01. The van der Waals surface area contributed by atoms with Crippen LogP contribution in [0.4, 0.5) is 34.1 Å². The van der Waals surface area contributed by atoms with Crippen molar-refractivity contribution in [1.29, 1.82) is 0 Å². The van der Waals surface area contributed by atoms with Gasteiger partial charge in [-0.05, 0) is 136 Å². The first-order valence-electron chi connectivity index (χ1n) is 24.5. The highest BCUT2D eigenvalue weighted by atomic mass is 16.3. The van der Waals surface area contributed by atoms with Crippen molar-refractivity contribution in [1.82, 2.24) is 9.13 Å². The van der Waals surface area contributed by atoms with E-state index in [1.54, 1.807) is 0 Å². The van der Waals surface area contributed by atoms with Gasteiger partial charge in [-0.3, -0.25) is 0 Å². The molecule has 0 aliphatic carbocycles. The first-order valence-corrected chi connectivity index (χ1v) is 24.5. The summed E-state index contributed by atoms with van der Waals surface area (Å²) in [5.74, 6) is 0. The molecule has 15 rings (SSSR count). The molecule has 0 atom stereocenters. The number of para-hydroxylation sites is 4. The number of rotatable bonds is 2. The maximum absolute atomic E-state index is 6.66. The second-order valence-electron chi connectivity index (χ2n) is 21.9. The third-order valence-corrected chi connectivity index (χ3v) is 15.7. The second-order valence-corrected chi connectivity index (χ2v) is 21.9. The largest absolute Gasteiger partial charge is 0.456 e. The van der Waals surface area contributed by atoms with Crippen molar-refractivity contribution in [2.45, 2.75) is 59.3 Å². The lowest BCUT2D eigenvalue weighted by Gasteiger charge is -2.46. The van der Waals surface area contributed by atoms with Gasteiger partial charge in [0.15, 0.2) is 0 Å². The summed E-state index contributed by atoms with van der Waals surface area (Å²) in [4.78, 5) is 5.17. The molecule has 0 radical (unpaired) electrons. The Balaban J connectivity index is 1.06. The Kier molecular flexibility index (Phi) is 7.46. The fraction of sp³-hybridized carbons (Fsp3) is 0.143. The Morgan fingerprint density at radius 3 is 1.78 bits per heavy atom. The van der Waals surface area contributed by atoms with Gasteiger partial charge in [-0.1, -0.05) is 126 Å². The van der Waals surface area contributed by atoms with Crippen LogP contribution in [0.1, 0.15) is 58.2 Å². The Bertz CT molecular complexity index is 4190. The number of hydrogen-bond donors (Lipinski definition) is 0. The van der Waals surface area contributed by atoms with Crippen LogP contribution in [0.15, 0.2) is 174 Å². The number of hydrogen-bond acceptors (Lipinski definition) is 3. The van der Waals surface area contributed by atoms with Gasteiger partial charge in [-0.25, -0.2) is 0 Å². The highest BCUT2D eigenvalue weighted by Crippen LogP contribution is 2.53. The first kappa shape index (κ1) is 39.1. The van der Waals surface area contributed by atoms with Crippen LogP contribution < -0.4 is 26.2 Å². The van der Waals surface area contributed by atoms with Gasteiger partial charge >= 0.3 is 0 Å². The molecular formula is C63H49BN4O. The normalized spacial score (nSPS) is 13.9. The third kappa shape index (κ3) is 5.11. The Morgan fingerprint density at radius 2 is 1.03 bits per heavy atom. The molecule has 6 heteroatoms. The zero-order valence-electron chi connectivity index (χ0n) is 39.9. The molecule has 3 aliphatic heterocycles. The smallest absolute Gasteiger partial charge is 0.252 e. The van der Waals surface area contributed by atoms with E-state index in [9.17, 15) is 0 Å². The highest BCUT2D eigenvalue weighted by Gasteiger charge is 2.46. The molecule has 5 nitrogen and oxygen atoms in total. The number of fused-ring (bicyclic) bond motifs is 15. The lowest BCUT2D eigenvalue weighted by molar-refractivity contribution is 0.590. The fourth-order valence-corrected chi connectivity index (χ4v) is 12.6. The predicted molar refractivity (Wildman–Crippen MR) is 292 cm³/mol. The van der Waals surface area contributed by atoms with E-state index in [1.165, 1.54) is 111 Å². The average molecular weight is 889 g/mol. The number of nitrogens with zero attached hydrogens (tertiary/aromatic N) is 4. The van der Waals surface area contributed by atoms with E-state index in [0.717, 1.165) is 33.3 Å². The molecule has 0 saturated carbocycles. The molecule has 0 N–H and O–H groups in total. The van der Waals surface area contributed by atoms with Gasteiger partial charge in [0.2, 0.25) is 0 Å². The van der Waals surface area contributed by atoms with Gasteiger partial charge in [0.05, 0.1) is 50.2 Å². The standard InChI is InChI=1S/C63H49BN4O/c1-36-31-54-59-55(32-36)68-51-21-12-17-41-40-15-8-10-19-47(40)67(60(41)51)52-22-13-18-46(61(52)68)64(59)45-28-27-39(35-53(45)66(54)50-20-14-24-57-58(50)42-16-9-11-23-56(42)69-57)65-48-29-25-37(62(2,3)4)33-43(48)44-34-38(63(5,6)7)26-30-49(44)65/h8-35H,1-7H3. The van der Waals surface area contributed by atoms with E-state index in [2.05, 4.69) is 237 Å². The van der Waals surface area contributed by atoms with Crippen molar-refractivity contribution >= 4 is 123 Å². The molecule has 0 saturated heterocycles. The van der Waals surface area contributed by atoms with E-state index < -0.39 is 0 Å². The van der Waals surface area contributed by atoms with Crippen molar-refractivity contribution in [2.75, 3.05) is 9.80 Å². The number of benzene rings is 9. The molecule has 330 valence electrons. The summed E-state index contributed by atoms with van der Waals surface area (Å²) in [5.41, 5.74) is 24.0. The van der Waals surface area contributed by atoms with Crippen LogP contribution in [0.3, 0.4) is 0 Å². The molecule has 0 amide bonds. The topological polar surface area (TPSA) is 29.5 Å². The van der Waals surface area contributed by atoms with Crippen LogP contribution >= 0.6 is 0 Å². The van der Waals surface area contributed by atoms with Gasteiger partial charge in [-0.15, -0.1) is 0 Å². The summed E-state index contributed by atoms with van der Waals surface area (Å²) in [5, 5.41) is 7.35. The quantitative estimate of drug-likeness (QED) is 0.162. The van der Waals surface area contributed by atoms with E-state index >= 15 is 0 Å². The molecular weight excluding hydrogens is 840 g/mol. The lowest BCUT2D eigenvalue weighted by Crippen LogP contribution is -2.61. The molecule has 6 heterocycles. The van der Waals surface area contributed by atoms with E-state index in [4.69, 9.17) is 4.42 Å². The van der Waals surface area contributed by atoms with Crippen LogP contribution in [0, 0.1) is 6.92 Å². The van der Waals surface area contributed by atoms with Crippen molar-refractivity contribution in [3.05, 3.63) is 187 Å². The summed E-state index contributed by atoms with van der Waals surface area (Å²) in [6, 6.07) is 64.3. The summed E-state index contributed by atoms with van der Waals surface area (Å²) >= 11 is 0. The molecule has 0 unspecified atom stereocenters. The minimum Gasteiger partial charge on any atom is -0.456 e. The third-order valence-electron chi connectivity index (χ3n) is 15.7. The Labute approximate surface area is 401 Å². The minimum absolute atomic E-state index is 0.00790. The van der Waals surface area contributed by atoms with E-state index in [-0.39, 0.29) is 17.5 Å². The number of aryl methyl sites for hydroxylation is 1. The Morgan fingerprint density at radius 1 is 0.420 bits per heavy atom. The van der Waals surface area contributed by atoms with Gasteiger partial charge in [-0.2, -0.15) is 0 Å². The summed E-state index contributed by atoms with van der Waals surface area (Å²) < 4.78 is 11.7. The van der Waals surface area contributed by atoms with Gasteiger partial charge < -0.3 is 23.4 Å². The predicted octanol–water partition coefficient (Wildman–Crippen LogP) is 15.1. The zero-order chi connectivity index (χ0) is 46.4. The van der Waals surface area contributed by atoms with Crippen LogP contribution in [-0.4, -0.2) is 15.8 Å². The summed E-state index contributed by atoms with van der Waals surface area (Å²) in [7, 11) is 0. The number of anilines is 6. The zero-order valence-corrected chi connectivity index (χ0v) is 39.9.